The highest BCUT2D eigenvalue weighted by molar-refractivity contribution is 6.12. The Morgan fingerprint density at radius 3 is 2.19 bits per heavy atom. The zero-order chi connectivity index (χ0) is 19.1. The van der Waals surface area contributed by atoms with Crippen LogP contribution in [0.15, 0.2) is 36.4 Å². The van der Waals surface area contributed by atoms with Gasteiger partial charge in [0.05, 0.1) is 31.0 Å². The number of phenolic OH excluding ortho intramolecular Hbond substituents is 1. The number of methoxy groups -OCH3 is 2. The molecule has 0 bridgehead atoms. The highest BCUT2D eigenvalue weighted by Gasteiger charge is 2.20. The largest absolute Gasteiger partial charge is 0.508 e. The number of aromatic hydroxyl groups is 1. The lowest BCUT2D eigenvalue weighted by molar-refractivity contribution is 0.356. The normalized spacial score (nSPS) is 11.4. The molecule has 0 fully saturated rings. The van der Waals surface area contributed by atoms with Crippen molar-refractivity contribution in [2.75, 3.05) is 14.2 Å². The third-order valence-electron chi connectivity index (χ3n) is 4.73. The Hall–Kier alpha value is -3.28. The van der Waals surface area contributed by atoms with Gasteiger partial charge in [0.25, 0.3) is 0 Å². The average Bonchev–Trinajstić information content (AvgIpc) is 3.11. The number of benzene rings is 2. The summed E-state index contributed by atoms with van der Waals surface area (Å²) in [5, 5.41) is 20.1. The molecule has 0 aliphatic rings. The van der Waals surface area contributed by atoms with Crippen molar-refractivity contribution in [3.05, 3.63) is 42.1 Å². The van der Waals surface area contributed by atoms with Crippen LogP contribution in [-0.2, 0) is 0 Å². The zero-order valence-electron chi connectivity index (χ0n) is 15.7. The first kappa shape index (κ1) is 17.1. The summed E-state index contributed by atoms with van der Waals surface area (Å²) in [6, 6.07) is 10.9. The van der Waals surface area contributed by atoms with Crippen molar-refractivity contribution in [2.24, 2.45) is 0 Å². The Morgan fingerprint density at radius 1 is 0.963 bits per heavy atom. The summed E-state index contributed by atoms with van der Waals surface area (Å²) in [6.45, 7) is 4.21. The molecule has 6 heteroatoms. The van der Waals surface area contributed by atoms with Crippen molar-refractivity contribution in [1.29, 1.82) is 0 Å². The quantitative estimate of drug-likeness (QED) is 0.553. The number of phenols is 1. The van der Waals surface area contributed by atoms with Crippen LogP contribution in [0.4, 0.5) is 0 Å². The van der Waals surface area contributed by atoms with E-state index in [1.54, 1.807) is 26.4 Å². The average molecular weight is 363 g/mol. The van der Waals surface area contributed by atoms with Crippen LogP contribution >= 0.6 is 0 Å². The minimum absolute atomic E-state index is 0.215. The molecule has 0 saturated heterocycles. The minimum Gasteiger partial charge on any atom is -0.508 e. The van der Waals surface area contributed by atoms with E-state index in [1.807, 2.05) is 24.3 Å². The zero-order valence-corrected chi connectivity index (χ0v) is 15.7. The molecule has 2 aromatic heterocycles. The number of pyridine rings is 1. The summed E-state index contributed by atoms with van der Waals surface area (Å²) in [4.78, 5) is 4.84. The van der Waals surface area contributed by atoms with Crippen molar-refractivity contribution in [3.8, 4) is 28.5 Å². The minimum atomic E-state index is 0.215. The molecule has 0 aliphatic carbocycles. The first-order chi connectivity index (χ1) is 13.0. The molecule has 0 saturated carbocycles. The van der Waals surface area contributed by atoms with Crippen molar-refractivity contribution in [3.63, 3.8) is 0 Å². The van der Waals surface area contributed by atoms with Gasteiger partial charge in [-0.1, -0.05) is 13.8 Å². The molecule has 4 rings (SSSR count). The van der Waals surface area contributed by atoms with E-state index >= 15 is 0 Å². The molecule has 0 radical (unpaired) electrons. The molecule has 27 heavy (non-hydrogen) atoms. The Labute approximate surface area is 156 Å². The van der Waals surface area contributed by atoms with E-state index in [0.29, 0.717) is 11.5 Å². The lowest BCUT2D eigenvalue weighted by Crippen LogP contribution is -1.95. The van der Waals surface area contributed by atoms with Crippen molar-refractivity contribution in [1.82, 2.24) is 15.2 Å². The summed E-state index contributed by atoms with van der Waals surface area (Å²) in [7, 11) is 3.24. The van der Waals surface area contributed by atoms with Crippen LogP contribution in [0.1, 0.15) is 25.5 Å². The summed E-state index contributed by atoms with van der Waals surface area (Å²) >= 11 is 0. The van der Waals surface area contributed by atoms with E-state index in [-0.39, 0.29) is 11.7 Å². The maximum Gasteiger partial charge on any atom is 0.161 e. The highest BCUT2D eigenvalue weighted by atomic mass is 16.5. The van der Waals surface area contributed by atoms with Gasteiger partial charge < -0.3 is 14.6 Å². The second-order valence-corrected chi connectivity index (χ2v) is 6.75. The van der Waals surface area contributed by atoms with Gasteiger partial charge in [0.15, 0.2) is 17.1 Å². The first-order valence-corrected chi connectivity index (χ1v) is 8.76. The van der Waals surface area contributed by atoms with Gasteiger partial charge in [0.1, 0.15) is 5.75 Å². The number of ether oxygens (including phenoxy) is 2. The van der Waals surface area contributed by atoms with Crippen LogP contribution in [0, 0.1) is 0 Å². The second-order valence-electron chi connectivity index (χ2n) is 6.75. The number of aromatic amines is 1. The third-order valence-corrected chi connectivity index (χ3v) is 4.73. The molecule has 0 spiro atoms. The van der Waals surface area contributed by atoms with Crippen molar-refractivity contribution < 1.29 is 14.6 Å². The van der Waals surface area contributed by atoms with Crippen LogP contribution < -0.4 is 9.47 Å². The lowest BCUT2D eigenvalue weighted by Gasteiger charge is -2.13. The molecule has 2 aromatic carbocycles. The topological polar surface area (TPSA) is 80.3 Å². The van der Waals surface area contributed by atoms with E-state index in [9.17, 15) is 5.11 Å². The molecule has 0 aliphatic heterocycles. The van der Waals surface area contributed by atoms with E-state index in [2.05, 4.69) is 24.0 Å². The Kier molecular flexibility index (Phi) is 4.11. The number of hydrogen-bond acceptors (Lipinski definition) is 5. The van der Waals surface area contributed by atoms with Gasteiger partial charge in [-0.25, -0.2) is 4.98 Å². The fourth-order valence-corrected chi connectivity index (χ4v) is 3.40. The van der Waals surface area contributed by atoms with Gasteiger partial charge in [-0.05, 0) is 42.3 Å². The van der Waals surface area contributed by atoms with Gasteiger partial charge >= 0.3 is 0 Å². The Morgan fingerprint density at radius 2 is 1.59 bits per heavy atom. The number of hydrogen-bond donors (Lipinski definition) is 2. The van der Waals surface area contributed by atoms with E-state index in [1.165, 1.54) is 0 Å². The van der Waals surface area contributed by atoms with Crippen LogP contribution in [0.3, 0.4) is 0 Å². The molecule has 0 atom stereocenters. The summed E-state index contributed by atoms with van der Waals surface area (Å²) in [5.74, 6) is 1.76. The Balaban J connectivity index is 2.15. The maximum absolute atomic E-state index is 9.63. The predicted molar refractivity (Wildman–Crippen MR) is 106 cm³/mol. The Bertz CT molecular complexity index is 1130. The SMILES string of the molecule is COc1cc2c(-c3ccc(O)cc3)nc3[nH]nc(C(C)C)c3c2cc1OC. The molecular formula is C21H21N3O3. The smallest absolute Gasteiger partial charge is 0.161 e. The van der Waals surface area contributed by atoms with E-state index in [4.69, 9.17) is 14.5 Å². The summed E-state index contributed by atoms with van der Waals surface area (Å²) in [6.07, 6.45) is 0. The number of H-pyrrole nitrogens is 1. The highest BCUT2D eigenvalue weighted by Crippen LogP contribution is 2.41. The standard InChI is InChI=1S/C21H21N3O3/c1-11(2)19-18-14-9-16(26-3)17(27-4)10-15(14)20(22-21(18)24-23-19)12-5-7-13(25)8-6-12/h5-11,25H,1-4H3,(H,22,23,24). The maximum atomic E-state index is 9.63. The molecule has 138 valence electrons. The predicted octanol–water partition coefficient (Wildman–Crippen LogP) is 4.62. The van der Waals surface area contributed by atoms with Gasteiger partial charge in [0, 0.05) is 16.3 Å². The van der Waals surface area contributed by atoms with E-state index in [0.717, 1.165) is 38.8 Å². The molecule has 4 aromatic rings. The molecule has 2 heterocycles. The molecule has 0 unspecified atom stereocenters. The van der Waals surface area contributed by atoms with E-state index < -0.39 is 0 Å². The van der Waals surface area contributed by atoms with Gasteiger partial charge in [-0.15, -0.1) is 0 Å². The second kappa shape index (κ2) is 6.46. The molecule has 0 amide bonds. The van der Waals surface area contributed by atoms with Crippen LogP contribution in [0.25, 0.3) is 33.1 Å². The molecule has 6 nitrogen and oxygen atoms in total. The van der Waals surface area contributed by atoms with Crippen LogP contribution in [0.5, 0.6) is 17.2 Å². The van der Waals surface area contributed by atoms with Gasteiger partial charge in [-0.3, -0.25) is 5.10 Å². The van der Waals surface area contributed by atoms with Gasteiger partial charge in [-0.2, -0.15) is 5.10 Å². The lowest BCUT2D eigenvalue weighted by atomic mass is 9.98. The van der Waals surface area contributed by atoms with Crippen molar-refractivity contribution in [2.45, 2.75) is 19.8 Å². The summed E-state index contributed by atoms with van der Waals surface area (Å²) < 4.78 is 11.0. The number of rotatable bonds is 4. The monoisotopic (exact) mass is 363 g/mol. The fraction of sp³-hybridized carbons (Fsp3) is 0.238. The van der Waals surface area contributed by atoms with Crippen LogP contribution in [-0.4, -0.2) is 34.5 Å². The number of fused-ring (bicyclic) bond motifs is 3. The molecular weight excluding hydrogens is 342 g/mol. The fourth-order valence-electron chi connectivity index (χ4n) is 3.40. The first-order valence-electron chi connectivity index (χ1n) is 8.76. The molecule has 2 N–H and O–H groups in total. The third kappa shape index (κ3) is 2.73. The van der Waals surface area contributed by atoms with Crippen molar-refractivity contribution >= 4 is 21.8 Å². The van der Waals surface area contributed by atoms with Gasteiger partial charge in [0.2, 0.25) is 0 Å². The number of aromatic nitrogens is 3. The number of nitrogens with zero attached hydrogens (tertiary/aromatic N) is 2. The summed E-state index contributed by atoms with van der Waals surface area (Å²) in [5.41, 5.74) is 3.37. The number of nitrogens with one attached hydrogen (secondary N) is 1. The van der Waals surface area contributed by atoms with Crippen LogP contribution in [0.2, 0.25) is 0 Å².